The van der Waals surface area contributed by atoms with Crippen molar-refractivity contribution in [1.29, 1.82) is 0 Å². The van der Waals surface area contributed by atoms with Crippen LogP contribution >= 0.6 is 0 Å². The van der Waals surface area contributed by atoms with Gasteiger partial charge in [-0.15, -0.1) is 5.10 Å². The quantitative estimate of drug-likeness (QED) is 0.270. The molecule has 41 heavy (non-hydrogen) atoms. The third-order valence-corrected chi connectivity index (χ3v) is 6.92. The second-order valence-electron chi connectivity index (χ2n) is 9.92. The van der Waals surface area contributed by atoms with Gasteiger partial charge in [-0.1, -0.05) is 36.4 Å². The van der Waals surface area contributed by atoms with E-state index < -0.39 is 5.41 Å². The Morgan fingerprint density at radius 3 is 2.66 bits per heavy atom. The fourth-order valence-corrected chi connectivity index (χ4v) is 4.48. The Morgan fingerprint density at radius 1 is 1.05 bits per heavy atom. The van der Waals surface area contributed by atoms with Crippen molar-refractivity contribution in [3.8, 4) is 34.3 Å². The smallest absolute Gasteiger partial charge is 0.257 e. The number of amides is 1. The molecule has 1 aliphatic rings. The number of nitrogens with zero attached hydrogens (tertiary/aromatic N) is 4. The highest BCUT2D eigenvalue weighted by Gasteiger charge is 2.28. The Bertz CT molecular complexity index is 1710. The van der Waals surface area contributed by atoms with Crippen LogP contribution in [0.1, 0.15) is 41.2 Å². The van der Waals surface area contributed by atoms with E-state index in [4.69, 9.17) is 14.2 Å². The third-order valence-electron chi connectivity index (χ3n) is 6.92. The molecule has 3 aromatic carbocycles. The molecule has 0 unspecified atom stereocenters. The van der Waals surface area contributed by atoms with E-state index in [2.05, 4.69) is 30.9 Å². The van der Waals surface area contributed by atoms with Gasteiger partial charge in [0, 0.05) is 24.4 Å². The first-order valence-electron chi connectivity index (χ1n) is 12.8. The van der Waals surface area contributed by atoms with Gasteiger partial charge in [-0.25, -0.2) is 14.5 Å². The Morgan fingerprint density at radius 2 is 1.88 bits per heavy atom. The molecule has 5 aromatic rings. The van der Waals surface area contributed by atoms with Crippen molar-refractivity contribution < 1.29 is 23.4 Å². The number of hydrogen-bond acceptors (Lipinski definition) is 8. The first-order valence-corrected chi connectivity index (χ1v) is 12.8. The van der Waals surface area contributed by atoms with Crippen molar-refractivity contribution in [3.05, 3.63) is 107 Å². The van der Waals surface area contributed by atoms with E-state index >= 15 is 4.39 Å². The highest BCUT2D eigenvalue weighted by molar-refractivity contribution is 5.96. The Hall–Kier alpha value is -5.32. The minimum Gasteiger partial charge on any atom is -0.454 e. The highest BCUT2D eigenvalue weighted by atomic mass is 19.1. The molecular weight excluding hydrogens is 527 g/mol. The number of carbonyl (C=O) groups is 1. The molecule has 11 heteroatoms. The number of ether oxygens (including phenoxy) is 3. The second kappa shape index (κ2) is 10.7. The van der Waals surface area contributed by atoms with E-state index in [9.17, 15) is 4.79 Å². The number of H-pyrrole nitrogens is 1. The Kier molecular flexibility index (Phi) is 6.76. The minimum atomic E-state index is -0.589. The number of carbonyl (C=O) groups excluding carboxylic acids is 1. The van der Waals surface area contributed by atoms with Crippen molar-refractivity contribution in [2.45, 2.75) is 25.8 Å². The van der Waals surface area contributed by atoms with E-state index in [-0.39, 0.29) is 36.5 Å². The summed E-state index contributed by atoms with van der Waals surface area (Å²) in [5.41, 5.74) is 2.47. The van der Waals surface area contributed by atoms with Crippen LogP contribution in [-0.4, -0.2) is 38.3 Å². The van der Waals surface area contributed by atoms with E-state index in [0.29, 0.717) is 28.6 Å². The van der Waals surface area contributed by atoms with Crippen LogP contribution in [0.2, 0.25) is 0 Å². The standard InChI is InChI=1S/C30H25FN6O4/c1-30(2,29-34-36-37-35-29)20-9-11-22(24(31)14-20)19-7-5-18(6-8-19)16-33-27(38)23-4-3-13-32-28(23)41-21-10-12-25-26(15-21)40-17-39-25/h3-15H,16-17H2,1-2H3,(H,33,38)(H,34,35,36,37). The lowest BCUT2D eigenvalue weighted by Crippen LogP contribution is -2.23. The lowest BCUT2D eigenvalue weighted by molar-refractivity contribution is 0.0948. The van der Waals surface area contributed by atoms with Crippen LogP contribution in [-0.2, 0) is 12.0 Å². The molecule has 6 rings (SSSR count). The molecule has 1 amide bonds. The molecular formula is C30H25FN6O4. The van der Waals surface area contributed by atoms with Crippen molar-refractivity contribution in [3.63, 3.8) is 0 Å². The van der Waals surface area contributed by atoms with Gasteiger partial charge in [-0.05, 0) is 71.3 Å². The summed E-state index contributed by atoms with van der Waals surface area (Å²) >= 11 is 0. The summed E-state index contributed by atoms with van der Waals surface area (Å²) in [6.45, 7) is 4.26. The summed E-state index contributed by atoms with van der Waals surface area (Å²) in [5, 5.41) is 16.9. The maximum Gasteiger partial charge on any atom is 0.257 e. The monoisotopic (exact) mass is 552 g/mol. The van der Waals surface area contributed by atoms with E-state index in [0.717, 1.165) is 16.7 Å². The van der Waals surface area contributed by atoms with Crippen LogP contribution in [0.5, 0.6) is 23.1 Å². The predicted octanol–water partition coefficient (Wildman–Crippen LogP) is 5.18. The average molecular weight is 553 g/mol. The summed E-state index contributed by atoms with van der Waals surface area (Å²) in [5.74, 6) is 1.69. The van der Waals surface area contributed by atoms with Crippen molar-refractivity contribution in [2.24, 2.45) is 0 Å². The SMILES string of the molecule is CC(C)(c1ccc(-c2ccc(CNC(=O)c3cccnc3Oc3ccc4c(c3)OCO4)cc2)c(F)c1)c1nnn[nH]1. The number of fused-ring (bicyclic) bond motifs is 1. The van der Waals surface area contributed by atoms with Gasteiger partial charge in [0.05, 0.1) is 5.41 Å². The van der Waals surface area contributed by atoms with Gasteiger partial charge in [0.2, 0.25) is 12.7 Å². The van der Waals surface area contributed by atoms with Crippen molar-refractivity contribution in [2.75, 3.05) is 6.79 Å². The molecule has 206 valence electrons. The fourth-order valence-electron chi connectivity index (χ4n) is 4.48. The Labute approximate surface area is 234 Å². The average Bonchev–Trinajstić information content (AvgIpc) is 3.70. The Balaban J connectivity index is 1.12. The third kappa shape index (κ3) is 5.29. The number of hydrogen-bond donors (Lipinski definition) is 2. The maximum absolute atomic E-state index is 15.2. The summed E-state index contributed by atoms with van der Waals surface area (Å²) < 4.78 is 31.8. The van der Waals surface area contributed by atoms with Gasteiger partial charge in [0.25, 0.3) is 5.91 Å². The van der Waals surface area contributed by atoms with E-state index in [1.807, 2.05) is 44.2 Å². The molecule has 2 N–H and O–H groups in total. The van der Waals surface area contributed by atoms with E-state index in [1.165, 1.54) is 6.07 Å². The topological polar surface area (TPSA) is 124 Å². The number of rotatable bonds is 8. The lowest BCUT2D eigenvalue weighted by Gasteiger charge is -2.22. The second-order valence-corrected chi connectivity index (χ2v) is 9.92. The number of aromatic amines is 1. The molecule has 0 aliphatic carbocycles. The maximum atomic E-state index is 15.2. The molecule has 0 saturated carbocycles. The molecule has 0 bridgehead atoms. The van der Waals surface area contributed by atoms with Crippen LogP contribution in [0.15, 0.2) is 79.0 Å². The molecule has 0 fully saturated rings. The molecule has 0 atom stereocenters. The van der Waals surface area contributed by atoms with Crippen LogP contribution in [0, 0.1) is 5.82 Å². The molecule has 0 saturated heterocycles. The molecule has 0 spiro atoms. The van der Waals surface area contributed by atoms with Gasteiger partial charge in [0.15, 0.2) is 17.3 Å². The van der Waals surface area contributed by atoms with Gasteiger partial charge in [0.1, 0.15) is 17.1 Å². The summed E-state index contributed by atoms with van der Waals surface area (Å²) in [6.07, 6.45) is 1.55. The van der Waals surface area contributed by atoms with Crippen molar-refractivity contribution >= 4 is 5.91 Å². The molecule has 0 radical (unpaired) electrons. The predicted molar refractivity (Wildman–Crippen MR) is 146 cm³/mol. The number of halogens is 1. The number of nitrogens with one attached hydrogen (secondary N) is 2. The van der Waals surface area contributed by atoms with Gasteiger partial charge < -0.3 is 19.5 Å². The highest BCUT2D eigenvalue weighted by Crippen LogP contribution is 2.37. The first-order chi connectivity index (χ1) is 19.9. The van der Waals surface area contributed by atoms with Crippen LogP contribution in [0.4, 0.5) is 4.39 Å². The zero-order valence-electron chi connectivity index (χ0n) is 22.2. The van der Waals surface area contributed by atoms with Crippen LogP contribution in [0.25, 0.3) is 11.1 Å². The zero-order valence-corrected chi connectivity index (χ0v) is 22.2. The summed E-state index contributed by atoms with van der Waals surface area (Å²) in [7, 11) is 0. The van der Waals surface area contributed by atoms with Crippen LogP contribution in [0.3, 0.4) is 0 Å². The number of benzene rings is 3. The summed E-state index contributed by atoms with van der Waals surface area (Å²) in [6, 6.07) is 20.9. The number of tetrazole rings is 1. The minimum absolute atomic E-state index is 0.152. The first kappa shape index (κ1) is 25.9. The lowest BCUT2D eigenvalue weighted by atomic mass is 9.83. The molecule has 1 aliphatic heterocycles. The molecule has 2 aromatic heterocycles. The van der Waals surface area contributed by atoms with Crippen molar-refractivity contribution in [1.82, 2.24) is 30.9 Å². The van der Waals surface area contributed by atoms with Gasteiger partial charge >= 0.3 is 0 Å². The molecule has 10 nitrogen and oxygen atoms in total. The largest absolute Gasteiger partial charge is 0.454 e. The van der Waals surface area contributed by atoms with Gasteiger partial charge in [-0.3, -0.25) is 4.79 Å². The van der Waals surface area contributed by atoms with Gasteiger partial charge in [-0.2, -0.15) is 0 Å². The normalized spacial score (nSPS) is 12.3. The number of pyridine rings is 1. The number of aromatic nitrogens is 5. The van der Waals surface area contributed by atoms with Crippen LogP contribution < -0.4 is 19.5 Å². The van der Waals surface area contributed by atoms with E-state index in [1.54, 1.807) is 42.6 Å². The molecule has 3 heterocycles. The zero-order chi connectivity index (χ0) is 28.4. The summed E-state index contributed by atoms with van der Waals surface area (Å²) in [4.78, 5) is 17.2. The fraction of sp³-hybridized carbons (Fsp3) is 0.167.